The molecule has 0 spiro atoms. The molecule has 0 saturated carbocycles. The first-order valence-electron chi connectivity index (χ1n) is 5.44. The Hall–Kier alpha value is -0.143. The van der Waals surface area contributed by atoms with Gasteiger partial charge >= 0.3 is 71.3 Å². The molecular weight excluding hydrogens is 567 g/mol. The van der Waals surface area contributed by atoms with Gasteiger partial charge in [-0.05, 0) is 0 Å². The summed E-state index contributed by atoms with van der Waals surface area (Å²) in [6.45, 7) is -3.25. The molecule has 0 aromatic heterocycles. The molecule has 0 amide bonds. The number of carboxylic acids is 4. The number of hydrogen-bond acceptors (Lipinski definition) is 10. The number of carboxylic acid groups (broad SMARTS) is 4. The van der Waals surface area contributed by atoms with Gasteiger partial charge in [-0.25, -0.2) is 0 Å². The maximum atomic E-state index is 10.4. The van der Waals surface area contributed by atoms with E-state index in [1.807, 2.05) is 0 Å². The van der Waals surface area contributed by atoms with Crippen molar-refractivity contribution in [1.29, 1.82) is 0 Å². The van der Waals surface area contributed by atoms with E-state index in [1.54, 1.807) is 0 Å². The first-order valence-corrected chi connectivity index (χ1v) is 5.44. The van der Waals surface area contributed by atoms with Crippen LogP contribution in [0.3, 0.4) is 0 Å². The third kappa shape index (κ3) is 46.2. The third-order valence-corrected chi connectivity index (χ3v) is 2.14. The summed E-state index contributed by atoms with van der Waals surface area (Å²) in [6, 6.07) is 0. The second kappa shape index (κ2) is 39.3. The van der Waals surface area contributed by atoms with Crippen LogP contribution in [0.25, 0.3) is 0 Å². The number of carbonyl (C=O) groups excluding carboxylic acids is 4. The van der Waals surface area contributed by atoms with Gasteiger partial charge in [0.2, 0.25) is 0 Å². The first-order chi connectivity index (χ1) is 9.20. The summed E-state index contributed by atoms with van der Waals surface area (Å²) in [5.74, 6) is -6.12. The number of rotatable bonds is 11. The van der Waals surface area contributed by atoms with Crippen LogP contribution in [-0.4, -0.2) is 117 Å². The van der Waals surface area contributed by atoms with Gasteiger partial charge in [-0.1, -0.05) is 0 Å². The largest absolute Gasteiger partial charge is 3.00 e. The average molecular weight is 595 g/mol. The van der Waals surface area contributed by atoms with E-state index in [0.717, 1.165) is 9.80 Å². The number of nitrogens with zero attached hydrogens (tertiary/aromatic N) is 2. The van der Waals surface area contributed by atoms with Crippen LogP contribution in [0, 0.1) is 41.7 Å². The Morgan fingerprint density at radius 3 is 0.700 bits per heavy atom. The SMILES string of the molecule is O.O.O.O.O.O.O.O.O=C([O-])CN(CCN(CC(=O)[O-])CC(=O)[O-])CC(=O)[O-].[Ce+3].[Na+]. The van der Waals surface area contributed by atoms with Gasteiger partial charge in [-0.2, -0.15) is 0 Å². The van der Waals surface area contributed by atoms with Crippen molar-refractivity contribution in [2.75, 3.05) is 39.3 Å². The normalized spacial score (nSPS) is 7.13. The van der Waals surface area contributed by atoms with E-state index in [-0.39, 0.29) is 128 Å². The monoisotopic (exact) mass is 595 g/mol. The van der Waals surface area contributed by atoms with Crippen molar-refractivity contribution in [2.45, 2.75) is 0 Å². The summed E-state index contributed by atoms with van der Waals surface area (Å²) in [7, 11) is 0. The Balaban J connectivity index is -0.0000000401. The van der Waals surface area contributed by atoms with E-state index in [9.17, 15) is 39.6 Å². The molecule has 179 valence electrons. The van der Waals surface area contributed by atoms with E-state index < -0.39 is 50.1 Å². The van der Waals surface area contributed by atoms with Crippen LogP contribution in [0.4, 0.5) is 0 Å². The van der Waals surface area contributed by atoms with E-state index >= 15 is 0 Å². The molecule has 18 nitrogen and oxygen atoms in total. The van der Waals surface area contributed by atoms with Crippen LogP contribution in [0.1, 0.15) is 0 Å². The second-order valence-corrected chi connectivity index (χ2v) is 3.91. The molecule has 0 aromatic rings. The standard InChI is InChI=1S/C10H16N2O8.Ce.Na.8H2O/c13-7(14)3-11(4-8(15)16)1-2-12(5-9(17)18)6-10(19)20;;;;;;;;;;/h1-6H2,(H,13,14)(H,15,16)(H,17,18)(H,19,20);;;8*1H2/q;+3;+1;;;;;;;;/p-4. The van der Waals surface area contributed by atoms with Crippen molar-refractivity contribution < 1.29 is 155 Å². The van der Waals surface area contributed by atoms with Crippen LogP contribution >= 0.6 is 0 Å². The Bertz CT molecular complexity index is 336. The molecule has 0 aliphatic carbocycles. The summed E-state index contributed by atoms with van der Waals surface area (Å²) < 4.78 is 0. The van der Waals surface area contributed by atoms with E-state index in [0.29, 0.717) is 0 Å². The van der Waals surface area contributed by atoms with Crippen molar-refractivity contribution in [3.05, 3.63) is 0 Å². The minimum Gasteiger partial charge on any atom is -0.549 e. The van der Waals surface area contributed by atoms with Gasteiger partial charge < -0.3 is 83.4 Å². The van der Waals surface area contributed by atoms with E-state index in [1.165, 1.54) is 0 Å². The molecule has 0 fully saturated rings. The zero-order valence-corrected chi connectivity index (χ0v) is 21.0. The molecule has 30 heavy (non-hydrogen) atoms. The van der Waals surface area contributed by atoms with Crippen molar-refractivity contribution >= 4 is 23.9 Å². The fourth-order valence-corrected chi connectivity index (χ4v) is 1.44. The minimum atomic E-state index is -1.53. The molecule has 0 unspecified atom stereocenters. The molecule has 0 rings (SSSR count). The van der Waals surface area contributed by atoms with Crippen LogP contribution in [0.5, 0.6) is 0 Å². The molecule has 0 heterocycles. The average Bonchev–Trinajstić information content (AvgIpc) is 2.22. The van der Waals surface area contributed by atoms with Crippen molar-refractivity contribution in [3.8, 4) is 0 Å². The summed E-state index contributed by atoms with van der Waals surface area (Å²) in [5.41, 5.74) is 0. The zero-order chi connectivity index (χ0) is 15.7. The predicted octanol–water partition coefficient (Wildman–Crippen LogP) is -17.0. The number of carbonyl (C=O) groups is 4. The van der Waals surface area contributed by atoms with Crippen molar-refractivity contribution in [3.63, 3.8) is 0 Å². The smallest absolute Gasteiger partial charge is 0.549 e. The molecule has 1 radical (unpaired) electrons. The Labute approximate surface area is 226 Å². The Kier molecular flexibility index (Phi) is 91.7. The van der Waals surface area contributed by atoms with Crippen LogP contribution in [-0.2, 0) is 19.2 Å². The maximum Gasteiger partial charge on any atom is 3.00 e. The fraction of sp³-hybridized carbons (Fsp3) is 0.600. The molecule has 16 N–H and O–H groups in total. The Morgan fingerprint density at radius 2 is 0.600 bits per heavy atom. The van der Waals surface area contributed by atoms with E-state index in [2.05, 4.69) is 0 Å². The van der Waals surface area contributed by atoms with Crippen LogP contribution in [0.15, 0.2) is 0 Å². The molecule has 20 heteroatoms. The molecular formula is C10H28CeN2NaO16. The molecule has 0 aliphatic heterocycles. The summed E-state index contributed by atoms with van der Waals surface area (Å²) in [5, 5.41) is 41.6. The van der Waals surface area contributed by atoms with Crippen molar-refractivity contribution in [1.82, 2.24) is 9.80 Å². The second-order valence-electron chi connectivity index (χ2n) is 3.91. The van der Waals surface area contributed by atoms with Crippen LogP contribution < -0.4 is 50.0 Å². The summed E-state index contributed by atoms with van der Waals surface area (Å²) >= 11 is 0. The number of hydrogen-bond donors (Lipinski definition) is 0. The van der Waals surface area contributed by atoms with Gasteiger partial charge in [0.05, 0.1) is 23.9 Å². The van der Waals surface area contributed by atoms with Crippen molar-refractivity contribution in [2.24, 2.45) is 0 Å². The van der Waals surface area contributed by atoms with Gasteiger partial charge in [-0.3, -0.25) is 9.80 Å². The Morgan fingerprint density at radius 1 is 0.467 bits per heavy atom. The molecule has 0 aromatic carbocycles. The minimum absolute atomic E-state index is 0. The fourth-order valence-electron chi connectivity index (χ4n) is 1.44. The van der Waals surface area contributed by atoms with Gasteiger partial charge in [0.15, 0.2) is 0 Å². The molecule has 0 bridgehead atoms. The summed E-state index contributed by atoms with van der Waals surface area (Å²) in [4.78, 5) is 43.4. The molecule has 0 saturated heterocycles. The summed E-state index contributed by atoms with van der Waals surface area (Å²) in [6.07, 6.45) is 0. The van der Waals surface area contributed by atoms with Crippen LogP contribution in [0.2, 0.25) is 0 Å². The van der Waals surface area contributed by atoms with Gasteiger partial charge in [0.1, 0.15) is 0 Å². The van der Waals surface area contributed by atoms with Gasteiger partial charge in [0, 0.05) is 39.3 Å². The first kappa shape index (κ1) is 69.9. The third-order valence-electron chi connectivity index (χ3n) is 2.14. The predicted molar refractivity (Wildman–Crippen MR) is 81.8 cm³/mol. The zero-order valence-electron chi connectivity index (χ0n) is 15.9. The maximum absolute atomic E-state index is 10.4. The molecule has 0 atom stereocenters. The van der Waals surface area contributed by atoms with Gasteiger partial charge in [0.25, 0.3) is 0 Å². The number of aliphatic carboxylic acids is 4. The quantitative estimate of drug-likeness (QED) is 0.203. The van der Waals surface area contributed by atoms with Gasteiger partial charge in [-0.15, -0.1) is 0 Å². The topological polar surface area (TPSA) is 419 Å². The van der Waals surface area contributed by atoms with E-state index in [4.69, 9.17) is 0 Å². The molecule has 0 aliphatic rings.